The van der Waals surface area contributed by atoms with Crippen LogP contribution in [0.4, 0.5) is 11.4 Å². The maximum atomic E-state index is 10.7. The molecule has 0 heterocycles. The average molecular weight is 261 g/mol. The molecule has 1 fully saturated rings. The topological polar surface area (TPSA) is 99.2 Å². The summed E-state index contributed by atoms with van der Waals surface area (Å²) in [5.41, 5.74) is -0.266. The predicted octanol–water partition coefficient (Wildman–Crippen LogP) is 2.18. The third kappa shape index (κ3) is 3.01. The van der Waals surface area contributed by atoms with E-state index in [9.17, 15) is 15.2 Å². The average Bonchev–Trinajstić information content (AvgIpc) is 2.83. The molecule has 1 aliphatic rings. The van der Waals surface area contributed by atoms with Gasteiger partial charge in [-0.15, -0.1) is 0 Å². The summed E-state index contributed by atoms with van der Waals surface area (Å²) in [7, 11) is 0. The van der Waals surface area contributed by atoms with Crippen molar-refractivity contribution in [2.24, 2.45) is 0 Å². The molecule has 6 heteroatoms. The van der Waals surface area contributed by atoms with Gasteiger partial charge in [-0.05, 0) is 25.0 Å². The van der Waals surface area contributed by atoms with E-state index in [1.54, 1.807) is 6.07 Å². The van der Waals surface area contributed by atoms with Crippen LogP contribution in [0.15, 0.2) is 18.2 Å². The van der Waals surface area contributed by atoms with Gasteiger partial charge in [-0.25, -0.2) is 0 Å². The van der Waals surface area contributed by atoms with Crippen LogP contribution in [-0.4, -0.2) is 22.2 Å². The number of nitro groups is 1. The minimum atomic E-state index is -0.700. The molecular formula is C13H15N3O3. The van der Waals surface area contributed by atoms with E-state index in [1.807, 2.05) is 6.07 Å². The van der Waals surface area contributed by atoms with Gasteiger partial charge in [0.25, 0.3) is 5.69 Å². The van der Waals surface area contributed by atoms with Crippen LogP contribution in [0.1, 0.15) is 31.2 Å². The second-order valence-electron chi connectivity index (χ2n) is 4.89. The van der Waals surface area contributed by atoms with E-state index in [0.717, 1.165) is 25.7 Å². The Morgan fingerprint density at radius 1 is 1.47 bits per heavy atom. The van der Waals surface area contributed by atoms with Crippen molar-refractivity contribution in [1.29, 1.82) is 5.26 Å². The van der Waals surface area contributed by atoms with Crippen molar-refractivity contribution in [3.8, 4) is 6.07 Å². The normalized spacial score (nSPS) is 16.8. The summed E-state index contributed by atoms with van der Waals surface area (Å²) < 4.78 is 0. The fourth-order valence-corrected chi connectivity index (χ4v) is 2.37. The fourth-order valence-electron chi connectivity index (χ4n) is 2.37. The monoisotopic (exact) mass is 261 g/mol. The molecule has 100 valence electrons. The van der Waals surface area contributed by atoms with E-state index in [0.29, 0.717) is 12.2 Å². The summed E-state index contributed by atoms with van der Waals surface area (Å²) >= 11 is 0. The molecule has 6 nitrogen and oxygen atoms in total. The smallest absolute Gasteiger partial charge is 0.287 e. The Morgan fingerprint density at radius 3 is 2.74 bits per heavy atom. The molecule has 2 rings (SSSR count). The molecule has 2 N–H and O–H groups in total. The van der Waals surface area contributed by atoms with Crippen molar-refractivity contribution < 1.29 is 10.0 Å². The highest BCUT2D eigenvalue weighted by Gasteiger charge is 2.30. The lowest BCUT2D eigenvalue weighted by atomic mass is 10.0. The zero-order valence-electron chi connectivity index (χ0n) is 10.4. The van der Waals surface area contributed by atoms with Crippen LogP contribution in [0.2, 0.25) is 0 Å². The van der Waals surface area contributed by atoms with Gasteiger partial charge in [0, 0.05) is 18.3 Å². The summed E-state index contributed by atoms with van der Waals surface area (Å²) in [5, 5.41) is 32.8. The van der Waals surface area contributed by atoms with Gasteiger partial charge in [0.05, 0.1) is 10.5 Å². The molecule has 1 aromatic carbocycles. The van der Waals surface area contributed by atoms with E-state index < -0.39 is 10.5 Å². The Balaban J connectivity index is 2.09. The Hall–Kier alpha value is -2.13. The minimum Gasteiger partial charge on any atom is -0.388 e. The SMILES string of the molecule is N#Cc1cc(NCC2(O)CCCC2)ccc1[N+](=O)[O-]. The van der Waals surface area contributed by atoms with Crippen LogP contribution in [0.25, 0.3) is 0 Å². The molecule has 0 radical (unpaired) electrons. The number of nitrogens with one attached hydrogen (secondary N) is 1. The van der Waals surface area contributed by atoms with Gasteiger partial charge in [0.2, 0.25) is 0 Å². The van der Waals surface area contributed by atoms with E-state index in [2.05, 4.69) is 5.32 Å². The number of hydrogen-bond acceptors (Lipinski definition) is 5. The zero-order valence-corrected chi connectivity index (χ0v) is 10.4. The first kappa shape index (κ1) is 13.3. The summed E-state index contributed by atoms with van der Waals surface area (Å²) in [4.78, 5) is 10.1. The van der Waals surface area contributed by atoms with Gasteiger partial charge in [0.15, 0.2) is 0 Å². The van der Waals surface area contributed by atoms with E-state index in [4.69, 9.17) is 5.26 Å². The number of anilines is 1. The van der Waals surface area contributed by atoms with E-state index in [-0.39, 0.29) is 11.3 Å². The number of nitriles is 1. The molecule has 1 saturated carbocycles. The number of nitro benzene ring substituents is 1. The fraction of sp³-hybridized carbons (Fsp3) is 0.462. The van der Waals surface area contributed by atoms with Gasteiger partial charge in [-0.2, -0.15) is 5.26 Å². The first-order chi connectivity index (χ1) is 9.04. The van der Waals surface area contributed by atoms with Crippen LogP contribution in [0.3, 0.4) is 0 Å². The van der Waals surface area contributed by atoms with Crippen molar-refractivity contribution in [3.05, 3.63) is 33.9 Å². The lowest BCUT2D eigenvalue weighted by molar-refractivity contribution is -0.385. The molecule has 0 unspecified atom stereocenters. The second-order valence-corrected chi connectivity index (χ2v) is 4.89. The lowest BCUT2D eigenvalue weighted by Gasteiger charge is -2.23. The number of benzene rings is 1. The van der Waals surface area contributed by atoms with Crippen molar-refractivity contribution in [2.75, 3.05) is 11.9 Å². The molecule has 0 amide bonds. The molecule has 0 aromatic heterocycles. The van der Waals surface area contributed by atoms with E-state index >= 15 is 0 Å². The van der Waals surface area contributed by atoms with Crippen molar-refractivity contribution in [3.63, 3.8) is 0 Å². The van der Waals surface area contributed by atoms with Crippen molar-refractivity contribution in [1.82, 2.24) is 0 Å². The van der Waals surface area contributed by atoms with Gasteiger partial charge in [-0.3, -0.25) is 10.1 Å². The molecule has 0 saturated heterocycles. The second kappa shape index (κ2) is 5.24. The molecule has 0 spiro atoms. The van der Waals surface area contributed by atoms with Crippen LogP contribution >= 0.6 is 0 Å². The molecular weight excluding hydrogens is 246 g/mol. The van der Waals surface area contributed by atoms with Crippen LogP contribution in [-0.2, 0) is 0 Å². The highest BCUT2D eigenvalue weighted by Crippen LogP contribution is 2.30. The summed E-state index contributed by atoms with van der Waals surface area (Å²) in [6, 6.07) is 6.11. The first-order valence-electron chi connectivity index (χ1n) is 6.19. The van der Waals surface area contributed by atoms with Crippen LogP contribution < -0.4 is 5.32 Å². The van der Waals surface area contributed by atoms with Crippen molar-refractivity contribution >= 4 is 11.4 Å². The maximum Gasteiger partial charge on any atom is 0.287 e. The lowest BCUT2D eigenvalue weighted by Crippen LogP contribution is -2.33. The molecule has 19 heavy (non-hydrogen) atoms. The highest BCUT2D eigenvalue weighted by atomic mass is 16.6. The summed E-state index contributed by atoms with van der Waals surface area (Å²) in [5.74, 6) is 0. The Morgan fingerprint density at radius 2 is 2.16 bits per heavy atom. The zero-order chi connectivity index (χ0) is 13.9. The Kier molecular flexibility index (Phi) is 3.67. The third-order valence-corrected chi connectivity index (χ3v) is 3.47. The summed E-state index contributed by atoms with van der Waals surface area (Å²) in [6.07, 6.45) is 3.56. The van der Waals surface area contributed by atoms with Gasteiger partial charge in [0.1, 0.15) is 11.6 Å². The standard InChI is InChI=1S/C13H15N3O3/c14-8-10-7-11(3-4-12(10)16(18)19)15-9-13(17)5-1-2-6-13/h3-4,7,15,17H,1-2,5-6,9H2. The van der Waals surface area contributed by atoms with Gasteiger partial charge in [-0.1, -0.05) is 12.8 Å². The highest BCUT2D eigenvalue weighted by molar-refractivity contribution is 5.58. The van der Waals surface area contributed by atoms with Crippen LogP contribution in [0, 0.1) is 21.4 Å². The molecule has 1 aliphatic carbocycles. The number of rotatable bonds is 4. The molecule has 0 aliphatic heterocycles. The maximum absolute atomic E-state index is 10.7. The predicted molar refractivity (Wildman–Crippen MR) is 69.7 cm³/mol. The van der Waals surface area contributed by atoms with E-state index in [1.165, 1.54) is 12.1 Å². The number of aliphatic hydroxyl groups is 1. The largest absolute Gasteiger partial charge is 0.388 e. The quantitative estimate of drug-likeness (QED) is 0.639. The third-order valence-electron chi connectivity index (χ3n) is 3.47. The Bertz CT molecular complexity index is 530. The van der Waals surface area contributed by atoms with Crippen LogP contribution in [0.5, 0.6) is 0 Å². The molecule has 0 bridgehead atoms. The Labute approximate surface area is 110 Å². The number of nitrogens with zero attached hydrogens (tertiary/aromatic N) is 2. The molecule has 0 atom stereocenters. The van der Waals surface area contributed by atoms with Gasteiger partial charge >= 0.3 is 0 Å². The minimum absolute atomic E-state index is 0.0217. The summed E-state index contributed by atoms with van der Waals surface area (Å²) in [6.45, 7) is 0.398. The van der Waals surface area contributed by atoms with Gasteiger partial charge < -0.3 is 10.4 Å². The number of hydrogen-bond donors (Lipinski definition) is 2. The van der Waals surface area contributed by atoms with Crippen molar-refractivity contribution in [2.45, 2.75) is 31.3 Å². The first-order valence-corrected chi connectivity index (χ1v) is 6.19. The molecule has 1 aromatic rings.